The number of nitrogens with zero attached hydrogens (tertiary/aromatic N) is 2. The first kappa shape index (κ1) is 23.3. The monoisotopic (exact) mass is 514 g/mol. The van der Waals surface area contributed by atoms with Crippen molar-refractivity contribution in [3.8, 4) is 44.8 Å². The number of hydrogen-bond donors (Lipinski definition) is 0. The molecule has 2 heteroatoms. The highest BCUT2D eigenvalue weighted by molar-refractivity contribution is 5.92. The average Bonchev–Trinajstić information content (AvgIpc) is 3.36. The van der Waals surface area contributed by atoms with Crippen LogP contribution in [0.25, 0.3) is 55.5 Å². The lowest BCUT2D eigenvalue weighted by Crippen LogP contribution is -2.15. The Balaban J connectivity index is 1.20. The molecule has 0 saturated heterocycles. The molecule has 0 N–H and O–H groups in total. The fourth-order valence-corrected chi connectivity index (χ4v) is 6.99. The molecular weight excluding hydrogens is 484 g/mol. The van der Waals surface area contributed by atoms with Crippen molar-refractivity contribution in [3.63, 3.8) is 0 Å². The van der Waals surface area contributed by atoms with Crippen LogP contribution >= 0.6 is 0 Å². The second kappa shape index (κ2) is 7.99. The Morgan fingerprint density at radius 3 is 1.35 bits per heavy atom. The molecule has 2 nitrogen and oxygen atoms in total. The van der Waals surface area contributed by atoms with Gasteiger partial charge >= 0.3 is 0 Å². The van der Waals surface area contributed by atoms with Crippen molar-refractivity contribution in [1.82, 2.24) is 9.97 Å². The Hall–Kier alpha value is -4.56. The van der Waals surface area contributed by atoms with Crippen molar-refractivity contribution >= 4 is 10.8 Å². The molecule has 0 unspecified atom stereocenters. The average molecular weight is 515 g/mol. The van der Waals surface area contributed by atoms with Gasteiger partial charge in [0.1, 0.15) is 0 Å². The summed E-state index contributed by atoms with van der Waals surface area (Å²) in [4.78, 5) is 9.95. The van der Waals surface area contributed by atoms with Gasteiger partial charge in [0.25, 0.3) is 0 Å². The quantitative estimate of drug-likeness (QED) is 0.230. The molecule has 0 spiro atoms. The minimum Gasteiger partial charge on any atom is -0.255 e. The summed E-state index contributed by atoms with van der Waals surface area (Å²) in [6, 6.07) is 35.5. The van der Waals surface area contributed by atoms with Crippen molar-refractivity contribution in [2.75, 3.05) is 0 Å². The Labute approximate surface area is 235 Å². The first-order valence-corrected chi connectivity index (χ1v) is 14.1. The van der Waals surface area contributed by atoms with Crippen LogP contribution in [0.1, 0.15) is 49.9 Å². The van der Waals surface area contributed by atoms with E-state index in [-0.39, 0.29) is 10.8 Å². The van der Waals surface area contributed by atoms with E-state index in [0.29, 0.717) is 0 Å². The highest BCUT2D eigenvalue weighted by Crippen LogP contribution is 2.49. The van der Waals surface area contributed by atoms with Crippen molar-refractivity contribution < 1.29 is 0 Å². The molecule has 2 aliphatic rings. The Morgan fingerprint density at radius 2 is 0.875 bits per heavy atom. The summed E-state index contributed by atoms with van der Waals surface area (Å²) in [6.45, 7) is 9.22. The first-order valence-electron chi connectivity index (χ1n) is 14.1. The number of rotatable bonds is 2. The third-order valence-corrected chi connectivity index (χ3v) is 9.34. The number of aromatic nitrogens is 2. The molecular formula is C38H30N2. The molecule has 2 aromatic heterocycles. The third-order valence-electron chi connectivity index (χ3n) is 9.34. The first-order chi connectivity index (χ1) is 19.3. The molecule has 0 fully saturated rings. The highest BCUT2D eigenvalue weighted by atomic mass is 14.7. The lowest BCUT2D eigenvalue weighted by molar-refractivity contribution is 0.659. The van der Waals surface area contributed by atoms with E-state index in [1.54, 1.807) is 0 Å². The van der Waals surface area contributed by atoms with Crippen LogP contribution in [0.3, 0.4) is 0 Å². The number of pyridine rings is 2. The predicted molar refractivity (Wildman–Crippen MR) is 166 cm³/mol. The van der Waals surface area contributed by atoms with E-state index in [2.05, 4.69) is 125 Å². The van der Waals surface area contributed by atoms with Crippen LogP contribution in [0.15, 0.2) is 109 Å². The van der Waals surface area contributed by atoms with Gasteiger partial charge in [-0.05, 0) is 68.4 Å². The normalized spacial score (nSPS) is 15.4. The largest absolute Gasteiger partial charge is 0.255 e. The van der Waals surface area contributed by atoms with E-state index in [1.165, 1.54) is 55.3 Å². The fourth-order valence-electron chi connectivity index (χ4n) is 6.99. The molecule has 40 heavy (non-hydrogen) atoms. The molecule has 0 radical (unpaired) electrons. The summed E-state index contributed by atoms with van der Waals surface area (Å²) in [5.41, 5.74) is 14.6. The van der Waals surface area contributed by atoms with Crippen molar-refractivity contribution in [2.24, 2.45) is 0 Å². The van der Waals surface area contributed by atoms with Crippen LogP contribution in [0, 0.1) is 0 Å². The maximum atomic E-state index is 4.97. The van der Waals surface area contributed by atoms with Gasteiger partial charge < -0.3 is 0 Å². The lowest BCUT2D eigenvalue weighted by Gasteiger charge is -2.21. The molecule has 0 aliphatic heterocycles. The second-order valence-electron chi connectivity index (χ2n) is 12.4. The van der Waals surface area contributed by atoms with Crippen molar-refractivity contribution in [2.45, 2.75) is 38.5 Å². The van der Waals surface area contributed by atoms with E-state index in [4.69, 9.17) is 9.97 Å². The van der Waals surface area contributed by atoms with Crippen LogP contribution in [0.5, 0.6) is 0 Å². The van der Waals surface area contributed by atoms with Crippen molar-refractivity contribution in [1.29, 1.82) is 0 Å². The Morgan fingerprint density at radius 1 is 0.425 bits per heavy atom. The van der Waals surface area contributed by atoms with E-state index >= 15 is 0 Å². The van der Waals surface area contributed by atoms with E-state index in [9.17, 15) is 0 Å². The topological polar surface area (TPSA) is 25.8 Å². The molecule has 8 rings (SSSR count). The maximum Gasteiger partial charge on any atom is 0.0746 e. The van der Waals surface area contributed by atoms with E-state index < -0.39 is 0 Å². The van der Waals surface area contributed by atoms with Crippen LogP contribution in [0.2, 0.25) is 0 Å². The predicted octanol–water partition coefficient (Wildman–Crippen LogP) is 9.58. The molecule has 4 aromatic carbocycles. The summed E-state index contributed by atoms with van der Waals surface area (Å²) in [6.07, 6.45) is 4.07. The third kappa shape index (κ3) is 3.17. The minimum atomic E-state index is -0.0625. The Bertz CT molecular complexity index is 1870. The summed E-state index contributed by atoms with van der Waals surface area (Å²) in [5, 5.41) is 2.46. The van der Waals surface area contributed by atoms with Gasteiger partial charge in [0.15, 0.2) is 0 Å². The van der Waals surface area contributed by atoms with E-state index in [1.807, 2.05) is 12.4 Å². The van der Waals surface area contributed by atoms with Gasteiger partial charge in [-0.15, -0.1) is 0 Å². The molecule has 2 heterocycles. The van der Waals surface area contributed by atoms with Crippen LogP contribution < -0.4 is 0 Å². The zero-order chi connectivity index (χ0) is 27.2. The molecule has 192 valence electrons. The highest BCUT2D eigenvalue weighted by Gasteiger charge is 2.37. The lowest BCUT2D eigenvalue weighted by atomic mass is 9.82. The number of benzene rings is 4. The maximum absolute atomic E-state index is 4.97. The fraction of sp³-hybridized carbons (Fsp3) is 0.158. The molecule has 2 aliphatic carbocycles. The van der Waals surface area contributed by atoms with E-state index in [0.717, 1.165) is 22.5 Å². The van der Waals surface area contributed by atoms with Crippen molar-refractivity contribution in [3.05, 3.63) is 132 Å². The van der Waals surface area contributed by atoms with Gasteiger partial charge in [0, 0.05) is 45.5 Å². The van der Waals surface area contributed by atoms with Gasteiger partial charge in [-0.3, -0.25) is 9.97 Å². The smallest absolute Gasteiger partial charge is 0.0746 e. The number of hydrogen-bond acceptors (Lipinski definition) is 2. The van der Waals surface area contributed by atoms with Gasteiger partial charge in [0.2, 0.25) is 0 Å². The summed E-state index contributed by atoms with van der Waals surface area (Å²) < 4.78 is 0. The SMILES string of the molecule is CC1(C)c2ccccc2-c2ncc(-c3ccc4ccc(-c5cnc6c(c5)C(C)(C)c5ccccc5-6)cc4c3)cc21. The molecule has 6 aromatic rings. The zero-order valence-electron chi connectivity index (χ0n) is 23.3. The number of fused-ring (bicyclic) bond motifs is 7. The van der Waals surface area contributed by atoms with Gasteiger partial charge in [0.05, 0.1) is 11.4 Å². The molecule has 0 amide bonds. The van der Waals surface area contributed by atoms with Gasteiger partial charge in [-0.1, -0.05) is 100 Å². The van der Waals surface area contributed by atoms with Crippen LogP contribution in [0.4, 0.5) is 0 Å². The summed E-state index contributed by atoms with van der Waals surface area (Å²) >= 11 is 0. The standard InChI is InChI=1S/C38H30N2/c1-37(2)31-11-7-5-9-29(31)35-33(37)19-27(21-39-35)24-15-13-23-14-16-25(18-26(23)17-24)28-20-34-36(40-22-28)30-10-6-8-12-32(30)38(34,3)4/h5-22H,1-4H3. The Kier molecular flexibility index (Phi) is 4.66. The second-order valence-corrected chi connectivity index (χ2v) is 12.4. The van der Waals surface area contributed by atoms with Crippen LogP contribution in [-0.4, -0.2) is 9.97 Å². The zero-order valence-corrected chi connectivity index (χ0v) is 23.3. The molecule has 0 atom stereocenters. The molecule has 0 saturated carbocycles. The summed E-state index contributed by atoms with van der Waals surface area (Å²) in [7, 11) is 0. The molecule has 0 bridgehead atoms. The van der Waals surface area contributed by atoms with Gasteiger partial charge in [-0.25, -0.2) is 0 Å². The van der Waals surface area contributed by atoms with Gasteiger partial charge in [-0.2, -0.15) is 0 Å². The van der Waals surface area contributed by atoms with Crippen LogP contribution in [-0.2, 0) is 10.8 Å². The summed E-state index contributed by atoms with van der Waals surface area (Å²) in [5.74, 6) is 0. The minimum absolute atomic E-state index is 0.0625.